The molecule has 0 aliphatic heterocycles. The van der Waals surface area contributed by atoms with Crippen molar-refractivity contribution in [2.24, 2.45) is 0 Å². The van der Waals surface area contributed by atoms with Gasteiger partial charge in [0, 0.05) is 13.7 Å². The van der Waals surface area contributed by atoms with Gasteiger partial charge in [-0.2, -0.15) is 0 Å². The molecule has 0 aliphatic rings. The molecule has 0 fully saturated rings. The van der Waals surface area contributed by atoms with Gasteiger partial charge in [0.05, 0.1) is 0 Å². The van der Waals surface area contributed by atoms with Gasteiger partial charge in [-0.1, -0.05) is 60.7 Å². The van der Waals surface area contributed by atoms with E-state index in [9.17, 15) is 0 Å². The molecule has 0 unspecified atom stereocenters. The minimum Gasteiger partial charge on any atom is -0.391 e. The molecule has 18 heavy (non-hydrogen) atoms. The lowest BCUT2D eigenvalue weighted by atomic mass is 10.4. The molecule has 0 bridgehead atoms. The second-order valence-corrected chi connectivity index (χ2v) is 7.07. The molecule has 0 heterocycles. The fraction of sp³-hybridized carbons (Fsp3) is 0.200. The molecule has 0 aliphatic carbocycles. The highest BCUT2D eigenvalue weighted by Gasteiger charge is 2.41. The summed E-state index contributed by atoms with van der Waals surface area (Å²) in [7, 11) is -0.784. The Morgan fingerprint density at radius 2 is 1.28 bits per heavy atom. The van der Waals surface area contributed by atoms with Gasteiger partial charge < -0.3 is 8.85 Å². The van der Waals surface area contributed by atoms with E-state index in [4.69, 9.17) is 8.85 Å². The summed E-state index contributed by atoms with van der Waals surface area (Å²) >= 11 is 0. The van der Waals surface area contributed by atoms with Crippen LogP contribution in [0.15, 0.2) is 60.7 Å². The maximum absolute atomic E-state index is 6.07. The topological polar surface area (TPSA) is 18.5 Å². The second kappa shape index (κ2) is 5.95. The smallest absolute Gasteiger partial charge is 0.391 e. The molecule has 0 saturated carbocycles. The van der Waals surface area contributed by atoms with Crippen molar-refractivity contribution in [1.29, 1.82) is 0 Å². The molecule has 0 amide bonds. The Hall–Kier alpha value is -1.42. The van der Waals surface area contributed by atoms with Crippen LogP contribution in [0, 0.1) is 0 Å². The molecule has 2 aromatic rings. The van der Waals surface area contributed by atoms with Crippen LogP contribution >= 0.6 is 0 Å². The zero-order chi connectivity index (χ0) is 12.8. The van der Waals surface area contributed by atoms with E-state index in [-0.39, 0.29) is 0 Å². The molecule has 0 radical (unpaired) electrons. The minimum atomic E-state index is -2.52. The zero-order valence-electron chi connectivity index (χ0n) is 10.8. The van der Waals surface area contributed by atoms with Gasteiger partial charge in [-0.15, -0.1) is 0 Å². The van der Waals surface area contributed by atoms with E-state index in [1.165, 1.54) is 0 Å². The lowest BCUT2D eigenvalue weighted by Gasteiger charge is -2.29. The molecule has 0 aromatic heterocycles. The van der Waals surface area contributed by atoms with Crippen LogP contribution in [0.1, 0.15) is 6.92 Å². The van der Waals surface area contributed by atoms with Gasteiger partial charge in [0.1, 0.15) is 0 Å². The molecule has 0 atom stereocenters. The lowest BCUT2D eigenvalue weighted by molar-refractivity contribution is 0.236. The van der Waals surface area contributed by atoms with E-state index < -0.39 is 8.56 Å². The molecule has 2 nitrogen and oxygen atoms in total. The van der Waals surface area contributed by atoms with Crippen molar-refractivity contribution in [3.63, 3.8) is 0 Å². The standard InChI is InChI=1S/C15H18O2Si/c1-3-17-18(16-2,14-10-6-4-7-11-14)15-12-8-5-9-13-15/h4-13H,3H2,1-2H3. The molecule has 0 N–H and O–H groups in total. The second-order valence-electron chi connectivity index (χ2n) is 3.99. The van der Waals surface area contributed by atoms with Crippen LogP contribution in [0.25, 0.3) is 0 Å². The Labute approximate surface area is 109 Å². The van der Waals surface area contributed by atoms with Crippen molar-refractivity contribution in [3.05, 3.63) is 60.7 Å². The van der Waals surface area contributed by atoms with Crippen molar-refractivity contribution < 1.29 is 8.85 Å². The third-order valence-corrected chi connectivity index (χ3v) is 6.40. The number of benzene rings is 2. The van der Waals surface area contributed by atoms with Gasteiger partial charge in [0.15, 0.2) is 0 Å². The molecule has 2 rings (SSSR count). The summed E-state index contributed by atoms with van der Waals surface area (Å²) in [5.74, 6) is 0. The van der Waals surface area contributed by atoms with Crippen molar-refractivity contribution >= 4 is 18.9 Å². The summed E-state index contributed by atoms with van der Waals surface area (Å²) in [6.45, 7) is 2.65. The molecule has 2 aromatic carbocycles. The fourth-order valence-corrected chi connectivity index (χ4v) is 5.07. The van der Waals surface area contributed by atoms with Crippen LogP contribution in [0.2, 0.25) is 0 Å². The summed E-state index contributed by atoms with van der Waals surface area (Å²) in [4.78, 5) is 0. The Morgan fingerprint density at radius 1 is 0.833 bits per heavy atom. The minimum absolute atomic E-state index is 0.643. The lowest BCUT2D eigenvalue weighted by Crippen LogP contribution is -2.62. The largest absolute Gasteiger partial charge is 0.406 e. The van der Waals surface area contributed by atoms with E-state index in [1.54, 1.807) is 7.11 Å². The monoisotopic (exact) mass is 258 g/mol. The summed E-state index contributed by atoms with van der Waals surface area (Å²) in [5.41, 5.74) is 0. The summed E-state index contributed by atoms with van der Waals surface area (Å²) < 4.78 is 11.9. The highest BCUT2D eigenvalue weighted by molar-refractivity contribution is 6.92. The Bertz CT molecular complexity index is 431. The summed E-state index contributed by atoms with van der Waals surface area (Å²) in [6.07, 6.45) is 0. The first-order valence-electron chi connectivity index (χ1n) is 6.13. The quantitative estimate of drug-likeness (QED) is 0.763. The Morgan fingerprint density at radius 3 is 1.61 bits per heavy atom. The van der Waals surface area contributed by atoms with Crippen LogP contribution in [-0.2, 0) is 8.85 Å². The highest BCUT2D eigenvalue weighted by Crippen LogP contribution is 2.08. The first kappa shape index (κ1) is 13.0. The van der Waals surface area contributed by atoms with Gasteiger partial charge in [-0.25, -0.2) is 0 Å². The summed E-state index contributed by atoms with van der Waals surface area (Å²) in [6, 6.07) is 20.4. The molecule has 0 spiro atoms. The highest BCUT2D eigenvalue weighted by atomic mass is 28.4. The normalized spacial score (nSPS) is 11.4. The van der Waals surface area contributed by atoms with E-state index >= 15 is 0 Å². The maximum Gasteiger partial charge on any atom is 0.406 e. The fourth-order valence-electron chi connectivity index (χ4n) is 2.15. The molecule has 3 heteroatoms. The van der Waals surface area contributed by atoms with Crippen LogP contribution in [0.4, 0.5) is 0 Å². The Kier molecular flexibility index (Phi) is 4.31. The van der Waals surface area contributed by atoms with Gasteiger partial charge in [-0.05, 0) is 17.3 Å². The third kappa shape index (κ3) is 2.38. The van der Waals surface area contributed by atoms with Crippen molar-refractivity contribution in [2.45, 2.75) is 6.92 Å². The third-order valence-electron chi connectivity index (χ3n) is 2.94. The van der Waals surface area contributed by atoms with Gasteiger partial charge in [0.2, 0.25) is 0 Å². The van der Waals surface area contributed by atoms with Crippen LogP contribution in [0.3, 0.4) is 0 Å². The molecular weight excluding hydrogens is 240 g/mol. The summed E-state index contributed by atoms with van der Waals surface area (Å²) in [5, 5.41) is 2.28. The molecule has 0 saturated heterocycles. The first-order valence-corrected chi connectivity index (χ1v) is 7.95. The predicted molar refractivity (Wildman–Crippen MR) is 76.5 cm³/mol. The van der Waals surface area contributed by atoms with E-state index in [0.717, 1.165) is 10.4 Å². The maximum atomic E-state index is 6.07. The zero-order valence-corrected chi connectivity index (χ0v) is 11.8. The van der Waals surface area contributed by atoms with Gasteiger partial charge >= 0.3 is 8.56 Å². The molecule has 94 valence electrons. The first-order chi connectivity index (χ1) is 8.83. The Balaban J connectivity index is 2.53. The van der Waals surface area contributed by atoms with E-state index in [1.807, 2.05) is 43.3 Å². The van der Waals surface area contributed by atoms with Crippen LogP contribution in [-0.4, -0.2) is 22.3 Å². The van der Waals surface area contributed by atoms with E-state index in [0.29, 0.717) is 6.61 Å². The average Bonchev–Trinajstić information content (AvgIpc) is 2.47. The van der Waals surface area contributed by atoms with Crippen molar-refractivity contribution in [1.82, 2.24) is 0 Å². The van der Waals surface area contributed by atoms with E-state index in [2.05, 4.69) is 24.3 Å². The molecular formula is C15H18O2Si. The average molecular weight is 258 g/mol. The van der Waals surface area contributed by atoms with Gasteiger partial charge in [0.25, 0.3) is 0 Å². The number of hydrogen-bond acceptors (Lipinski definition) is 2. The van der Waals surface area contributed by atoms with Crippen LogP contribution in [0.5, 0.6) is 0 Å². The van der Waals surface area contributed by atoms with Crippen molar-refractivity contribution in [3.8, 4) is 0 Å². The number of rotatable bonds is 5. The SMILES string of the molecule is CCO[Si](OC)(c1ccccc1)c1ccccc1. The van der Waals surface area contributed by atoms with Crippen molar-refractivity contribution in [2.75, 3.05) is 13.7 Å². The van der Waals surface area contributed by atoms with Gasteiger partial charge in [-0.3, -0.25) is 0 Å². The van der Waals surface area contributed by atoms with Crippen LogP contribution < -0.4 is 10.4 Å². The number of hydrogen-bond donors (Lipinski definition) is 0. The predicted octanol–water partition coefficient (Wildman–Crippen LogP) is 1.93.